The van der Waals surface area contributed by atoms with E-state index in [0.29, 0.717) is 13.0 Å². The highest BCUT2D eigenvalue weighted by Gasteiger charge is 2.35. The molecule has 2 aromatic rings. The van der Waals surface area contributed by atoms with Crippen LogP contribution in [0.5, 0.6) is 0 Å². The summed E-state index contributed by atoms with van der Waals surface area (Å²) in [5, 5.41) is 14.6. The van der Waals surface area contributed by atoms with Crippen molar-refractivity contribution in [3.05, 3.63) is 59.7 Å². The summed E-state index contributed by atoms with van der Waals surface area (Å²) in [4.78, 5) is 36.4. The highest BCUT2D eigenvalue weighted by atomic mass is 16.5. The Morgan fingerprint density at radius 1 is 1.06 bits per heavy atom. The number of hydrogen-bond acceptors (Lipinski definition) is 4. The van der Waals surface area contributed by atoms with Gasteiger partial charge in [0.05, 0.1) is 0 Å². The van der Waals surface area contributed by atoms with Crippen LogP contribution in [0.1, 0.15) is 42.7 Å². The molecule has 0 spiro atoms. The van der Waals surface area contributed by atoms with E-state index in [1.54, 1.807) is 0 Å². The average molecular weight is 461 g/mol. The molecule has 7 nitrogen and oxygen atoms in total. The van der Waals surface area contributed by atoms with Gasteiger partial charge >= 0.3 is 12.1 Å². The lowest BCUT2D eigenvalue weighted by Gasteiger charge is -2.22. The number of ether oxygens (including phenoxy) is 1. The van der Waals surface area contributed by atoms with Crippen molar-refractivity contribution in [2.75, 3.05) is 13.2 Å². The highest BCUT2D eigenvalue weighted by molar-refractivity contribution is 5.85. The first kappa shape index (κ1) is 23.4. The van der Waals surface area contributed by atoms with Crippen molar-refractivity contribution in [1.29, 1.82) is 0 Å². The fourth-order valence-corrected chi connectivity index (χ4v) is 5.09. The van der Waals surface area contributed by atoms with Crippen molar-refractivity contribution in [3.8, 4) is 23.5 Å². The number of rotatable bonds is 8. The fraction of sp³-hybridized carbons (Fsp3) is 0.370. The first-order chi connectivity index (χ1) is 16.5. The Kier molecular flexibility index (Phi) is 7.17. The molecule has 2 aromatic carbocycles. The predicted octanol–water partition coefficient (Wildman–Crippen LogP) is 3.53. The third kappa shape index (κ3) is 4.91. The molecule has 176 valence electrons. The lowest BCUT2D eigenvalue weighted by molar-refractivity contribution is -0.142. The maximum Gasteiger partial charge on any atom is 0.407 e. The van der Waals surface area contributed by atoms with E-state index in [9.17, 15) is 19.5 Å². The smallest absolute Gasteiger partial charge is 0.407 e. The minimum absolute atomic E-state index is 0.0211. The molecule has 0 heterocycles. The number of hydrogen-bond donors (Lipinski definition) is 3. The first-order valence-corrected chi connectivity index (χ1v) is 11.5. The van der Waals surface area contributed by atoms with Gasteiger partial charge in [0, 0.05) is 24.8 Å². The van der Waals surface area contributed by atoms with Crippen molar-refractivity contribution in [2.45, 2.75) is 37.6 Å². The standard InChI is InChI=1S/C27H28N2O5/c1-2-8-24(26(31)32)29-25(30)18-14-7-9-17(18)15-28-27(33)34-16-23-21-12-5-3-10-19(21)20-11-4-6-13-22(20)23/h1,3-6,10-13,17-18,23-24H,7-9,14-16H2,(H,28,33)(H,29,30)(H,31,32)/t17-,18-,24?/m1/s1. The zero-order valence-corrected chi connectivity index (χ0v) is 18.8. The van der Waals surface area contributed by atoms with Gasteiger partial charge in [-0.2, -0.15) is 0 Å². The van der Waals surface area contributed by atoms with Gasteiger partial charge in [-0.1, -0.05) is 55.0 Å². The summed E-state index contributed by atoms with van der Waals surface area (Å²) >= 11 is 0. The quantitative estimate of drug-likeness (QED) is 0.523. The third-order valence-corrected chi connectivity index (χ3v) is 6.78. The molecule has 0 bridgehead atoms. The van der Waals surface area contributed by atoms with Gasteiger partial charge in [0.1, 0.15) is 12.6 Å². The minimum Gasteiger partial charge on any atom is -0.480 e. The maximum absolute atomic E-state index is 12.6. The number of nitrogens with one attached hydrogen (secondary N) is 2. The van der Waals surface area contributed by atoms with Gasteiger partial charge < -0.3 is 20.5 Å². The molecule has 1 fully saturated rings. The number of benzene rings is 2. The summed E-state index contributed by atoms with van der Waals surface area (Å²) in [6.07, 6.45) is 6.86. The number of carboxylic acids is 1. The van der Waals surface area contributed by atoms with Crippen molar-refractivity contribution < 1.29 is 24.2 Å². The first-order valence-electron chi connectivity index (χ1n) is 11.5. The minimum atomic E-state index is -1.15. The second kappa shape index (κ2) is 10.4. The molecule has 2 aliphatic carbocycles. The van der Waals surface area contributed by atoms with E-state index in [-0.39, 0.29) is 36.7 Å². The number of carboxylic acid groups (broad SMARTS) is 1. The van der Waals surface area contributed by atoms with Gasteiger partial charge in [0.25, 0.3) is 0 Å². The van der Waals surface area contributed by atoms with Crippen molar-refractivity contribution in [1.82, 2.24) is 10.6 Å². The number of carbonyl (C=O) groups is 3. The van der Waals surface area contributed by atoms with E-state index in [4.69, 9.17) is 11.2 Å². The molecule has 0 aromatic heterocycles. The molecule has 34 heavy (non-hydrogen) atoms. The molecule has 0 aliphatic heterocycles. The number of carbonyl (C=O) groups excluding carboxylic acids is 2. The zero-order valence-electron chi connectivity index (χ0n) is 18.8. The van der Waals surface area contributed by atoms with Crippen LogP contribution in [0.2, 0.25) is 0 Å². The van der Waals surface area contributed by atoms with Gasteiger partial charge in [-0.15, -0.1) is 12.3 Å². The monoisotopic (exact) mass is 460 g/mol. The van der Waals surface area contributed by atoms with Crippen LogP contribution in [-0.4, -0.2) is 42.3 Å². The zero-order chi connectivity index (χ0) is 24.1. The lowest BCUT2D eigenvalue weighted by atomic mass is 9.94. The molecule has 7 heteroatoms. The topological polar surface area (TPSA) is 105 Å². The number of fused-ring (bicyclic) bond motifs is 3. The number of terminal acetylenes is 1. The molecule has 0 radical (unpaired) electrons. The summed E-state index contributed by atoms with van der Waals surface area (Å²) in [5.74, 6) is 0.317. The van der Waals surface area contributed by atoms with Gasteiger partial charge in [-0.25, -0.2) is 9.59 Å². The van der Waals surface area contributed by atoms with Gasteiger partial charge in [0.15, 0.2) is 0 Å². The summed E-state index contributed by atoms with van der Waals surface area (Å²) in [6.45, 7) is 0.516. The summed E-state index contributed by atoms with van der Waals surface area (Å²) in [5.41, 5.74) is 4.61. The van der Waals surface area contributed by atoms with Crippen LogP contribution in [-0.2, 0) is 14.3 Å². The molecule has 2 amide bonds. The number of aliphatic carboxylic acids is 1. The Bertz CT molecular complexity index is 1080. The van der Waals surface area contributed by atoms with Crippen LogP contribution in [0.15, 0.2) is 48.5 Å². The van der Waals surface area contributed by atoms with E-state index in [2.05, 4.69) is 40.8 Å². The Morgan fingerprint density at radius 3 is 2.32 bits per heavy atom. The number of alkyl carbamates (subject to hydrolysis) is 1. The Labute approximate surface area is 198 Å². The van der Waals surface area contributed by atoms with E-state index >= 15 is 0 Å². The average Bonchev–Trinajstić information content (AvgIpc) is 3.44. The molecule has 2 aliphatic rings. The van der Waals surface area contributed by atoms with Crippen LogP contribution in [0.3, 0.4) is 0 Å². The third-order valence-electron chi connectivity index (χ3n) is 6.78. The molecule has 1 saturated carbocycles. The normalized spacial score (nSPS) is 19.4. The molecule has 3 N–H and O–H groups in total. The molecule has 3 atom stereocenters. The van der Waals surface area contributed by atoms with E-state index in [0.717, 1.165) is 35.1 Å². The van der Waals surface area contributed by atoms with Gasteiger partial charge in [-0.05, 0) is 41.0 Å². The van der Waals surface area contributed by atoms with Gasteiger partial charge in [-0.3, -0.25) is 4.79 Å². The van der Waals surface area contributed by atoms with Crippen molar-refractivity contribution >= 4 is 18.0 Å². The van der Waals surface area contributed by atoms with E-state index in [1.807, 2.05) is 24.3 Å². The van der Waals surface area contributed by atoms with Gasteiger partial charge in [0.2, 0.25) is 5.91 Å². The summed E-state index contributed by atoms with van der Waals surface area (Å²) in [7, 11) is 0. The summed E-state index contributed by atoms with van der Waals surface area (Å²) in [6, 6.07) is 15.2. The SMILES string of the molecule is C#CCC(NC(=O)[C@@H]1CCC[C@@H]1CNC(=O)OCC1c2ccccc2-c2ccccc21)C(=O)O. The van der Waals surface area contributed by atoms with Crippen LogP contribution in [0, 0.1) is 24.2 Å². The lowest BCUT2D eigenvalue weighted by Crippen LogP contribution is -2.45. The van der Waals surface area contributed by atoms with E-state index < -0.39 is 18.1 Å². The summed E-state index contributed by atoms with van der Waals surface area (Å²) < 4.78 is 5.57. The highest BCUT2D eigenvalue weighted by Crippen LogP contribution is 2.44. The Morgan fingerprint density at radius 2 is 1.71 bits per heavy atom. The predicted molar refractivity (Wildman–Crippen MR) is 127 cm³/mol. The van der Waals surface area contributed by atoms with Crippen molar-refractivity contribution in [3.63, 3.8) is 0 Å². The van der Waals surface area contributed by atoms with E-state index in [1.165, 1.54) is 0 Å². The number of amides is 2. The largest absolute Gasteiger partial charge is 0.480 e. The molecule has 0 saturated heterocycles. The molecular weight excluding hydrogens is 432 g/mol. The second-order valence-corrected chi connectivity index (χ2v) is 8.81. The van der Waals surface area contributed by atoms with Crippen LogP contribution in [0.4, 0.5) is 4.79 Å². The maximum atomic E-state index is 12.6. The Hall–Kier alpha value is -3.79. The van der Waals surface area contributed by atoms with Crippen LogP contribution in [0.25, 0.3) is 11.1 Å². The van der Waals surface area contributed by atoms with Crippen LogP contribution >= 0.6 is 0 Å². The van der Waals surface area contributed by atoms with Crippen molar-refractivity contribution in [2.24, 2.45) is 11.8 Å². The Balaban J connectivity index is 1.31. The molecule has 4 rings (SSSR count). The second-order valence-electron chi connectivity index (χ2n) is 8.81. The fourth-order valence-electron chi connectivity index (χ4n) is 5.09. The van der Waals surface area contributed by atoms with Crippen LogP contribution < -0.4 is 10.6 Å². The molecular formula is C27H28N2O5. The molecule has 1 unspecified atom stereocenters.